The second-order valence-corrected chi connectivity index (χ2v) is 5.69. The molecule has 0 unspecified atom stereocenters. The van der Waals surface area contributed by atoms with E-state index in [-0.39, 0.29) is 17.3 Å². The molecule has 1 amide bonds. The number of aromatic amines is 1. The summed E-state index contributed by atoms with van der Waals surface area (Å²) in [6.07, 6.45) is 4.56. The molecule has 2 aliphatic rings. The van der Waals surface area contributed by atoms with Crippen LogP contribution in [0, 0.1) is 11.6 Å². The van der Waals surface area contributed by atoms with Gasteiger partial charge in [-0.2, -0.15) is 9.78 Å². The van der Waals surface area contributed by atoms with Crippen molar-refractivity contribution in [3.63, 3.8) is 0 Å². The van der Waals surface area contributed by atoms with Gasteiger partial charge in [-0.15, -0.1) is 0 Å². The van der Waals surface area contributed by atoms with E-state index in [0.717, 1.165) is 16.8 Å². The molecule has 0 saturated heterocycles. The topological polar surface area (TPSA) is 84.7 Å². The van der Waals surface area contributed by atoms with Crippen LogP contribution < -0.4 is 10.9 Å². The average Bonchev–Trinajstić information content (AvgIpc) is 3.17. The van der Waals surface area contributed by atoms with Crippen LogP contribution in [0.25, 0.3) is 27.8 Å². The van der Waals surface area contributed by atoms with Gasteiger partial charge in [0.25, 0.3) is 5.56 Å². The van der Waals surface area contributed by atoms with Crippen molar-refractivity contribution in [2.45, 2.75) is 6.92 Å². The molecule has 1 aromatic carbocycles. The number of pyridine rings is 1. The Kier molecular flexibility index (Phi) is 3.57. The third-order valence-electron chi connectivity index (χ3n) is 4.03. The van der Waals surface area contributed by atoms with Gasteiger partial charge in [-0.1, -0.05) is 0 Å². The highest BCUT2D eigenvalue weighted by molar-refractivity contribution is 5.95. The van der Waals surface area contributed by atoms with Crippen LogP contribution in [0.15, 0.2) is 41.6 Å². The molecule has 4 rings (SSSR count). The van der Waals surface area contributed by atoms with E-state index in [0.29, 0.717) is 29.2 Å². The van der Waals surface area contributed by atoms with Gasteiger partial charge in [-0.05, 0) is 19.1 Å². The minimum absolute atomic E-state index is 0.149. The van der Waals surface area contributed by atoms with Crippen LogP contribution in [-0.4, -0.2) is 31.9 Å². The minimum Gasteiger partial charge on any atom is -0.359 e. The molecule has 1 aromatic heterocycles. The van der Waals surface area contributed by atoms with Crippen molar-refractivity contribution >= 4 is 16.9 Å². The molecule has 0 saturated carbocycles. The summed E-state index contributed by atoms with van der Waals surface area (Å²) in [6.45, 7) is 2.27. The van der Waals surface area contributed by atoms with Crippen LogP contribution in [0.2, 0.25) is 0 Å². The van der Waals surface area contributed by atoms with E-state index in [1.54, 1.807) is 13.1 Å². The number of carbonyl (C=O) groups excluding carboxylic acids is 1. The molecule has 2 aromatic rings. The maximum atomic E-state index is 14.0. The van der Waals surface area contributed by atoms with Crippen molar-refractivity contribution in [3.8, 4) is 16.9 Å². The third kappa shape index (κ3) is 2.36. The standard InChI is InChI=1S/C17H13F2N5O2/c1-2-20-17(26)23-7-11-13(8-23)21-6-10-15(11)22-24(16(10)25)14-4-3-9(18)5-12(14)19/h3-8,21H,2H2,1H3,(H,20,26). The fourth-order valence-electron chi connectivity index (χ4n) is 2.83. The summed E-state index contributed by atoms with van der Waals surface area (Å²) in [5.74, 6) is -1.64. The summed E-state index contributed by atoms with van der Waals surface area (Å²) in [4.78, 5) is 27.5. The lowest BCUT2D eigenvalue weighted by Gasteiger charge is -2.01. The zero-order valence-corrected chi connectivity index (χ0v) is 13.6. The SMILES string of the molecule is CCNC(=O)n1cc2[nH]cc3c(=O)n(-c4ccc(F)cc4F)nc-3c2c1. The molecule has 2 N–H and O–H groups in total. The van der Waals surface area contributed by atoms with Crippen molar-refractivity contribution in [3.05, 3.63) is 58.8 Å². The van der Waals surface area contributed by atoms with E-state index in [9.17, 15) is 18.4 Å². The second kappa shape index (κ2) is 5.80. The van der Waals surface area contributed by atoms with Crippen LogP contribution in [0.1, 0.15) is 6.92 Å². The lowest BCUT2D eigenvalue weighted by molar-refractivity contribution is 0.243. The summed E-state index contributed by atoms with van der Waals surface area (Å²) in [5, 5.41) is 7.39. The van der Waals surface area contributed by atoms with Crippen molar-refractivity contribution in [2.24, 2.45) is 0 Å². The zero-order valence-electron chi connectivity index (χ0n) is 13.6. The van der Waals surface area contributed by atoms with Gasteiger partial charge < -0.3 is 10.3 Å². The average molecular weight is 357 g/mol. The summed E-state index contributed by atoms with van der Waals surface area (Å²) in [7, 11) is 0. The maximum Gasteiger partial charge on any atom is 0.325 e. The van der Waals surface area contributed by atoms with E-state index in [1.165, 1.54) is 17.0 Å². The molecule has 2 aliphatic heterocycles. The molecule has 3 heterocycles. The first-order valence-electron chi connectivity index (χ1n) is 7.85. The van der Waals surface area contributed by atoms with Gasteiger partial charge in [-0.25, -0.2) is 13.6 Å². The fraction of sp³-hybridized carbons (Fsp3) is 0.118. The van der Waals surface area contributed by atoms with Gasteiger partial charge in [0, 0.05) is 36.6 Å². The Hall–Kier alpha value is -3.49. The molecule has 9 heteroatoms. The van der Waals surface area contributed by atoms with Crippen molar-refractivity contribution < 1.29 is 13.6 Å². The quantitative estimate of drug-likeness (QED) is 0.578. The first-order chi connectivity index (χ1) is 12.5. The van der Waals surface area contributed by atoms with Gasteiger partial charge in [0.2, 0.25) is 0 Å². The predicted octanol–water partition coefficient (Wildman–Crippen LogP) is 2.48. The Labute approximate surface area is 145 Å². The van der Waals surface area contributed by atoms with Crippen molar-refractivity contribution in [1.82, 2.24) is 24.6 Å². The normalized spacial score (nSPS) is 11.3. The molecule has 0 atom stereocenters. The highest BCUT2D eigenvalue weighted by atomic mass is 19.1. The lowest BCUT2D eigenvalue weighted by Crippen LogP contribution is -2.26. The predicted molar refractivity (Wildman–Crippen MR) is 90.7 cm³/mol. The number of fused-ring (bicyclic) bond motifs is 3. The van der Waals surface area contributed by atoms with E-state index in [2.05, 4.69) is 15.4 Å². The Morgan fingerprint density at radius 1 is 1.31 bits per heavy atom. The Morgan fingerprint density at radius 3 is 2.85 bits per heavy atom. The summed E-state index contributed by atoms with van der Waals surface area (Å²) in [6, 6.07) is 2.57. The van der Waals surface area contributed by atoms with Gasteiger partial charge in [-0.3, -0.25) is 9.36 Å². The molecule has 7 nitrogen and oxygen atoms in total. The highest BCUT2D eigenvalue weighted by Gasteiger charge is 2.22. The number of H-pyrrole nitrogens is 1. The second-order valence-electron chi connectivity index (χ2n) is 5.69. The van der Waals surface area contributed by atoms with Crippen LogP contribution in [0.3, 0.4) is 0 Å². The number of benzene rings is 1. The highest BCUT2D eigenvalue weighted by Crippen LogP contribution is 2.27. The molecule has 0 spiro atoms. The van der Waals surface area contributed by atoms with Gasteiger partial charge in [0.05, 0.1) is 11.1 Å². The Bertz CT molecular complexity index is 1170. The van der Waals surface area contributed by atoms with Crippen molar-refractivity contribution in [1.29, 1.82) is 0 Å². The number of nitrogens with zero attached hydrogens (tertiary/aromatic N) is 3. The van der Waals surface area contributed by atoms with E-state index >= 15 is 0 Å². The molecule has 132 valence electrons. The summed E-state index contributed by atoms with van der Waals surface area (Å²) in [5.41, 5.74) is 0.441. The fourth-order valence-corrected chi connectivity index (χ4v) is 2.83. The monoisotopic (exact) mass is 357 g/mol. The number of halogens is 2. The van der Waals surface area contributed by atoms with Crippen LogP contribution in [0.5, 0.6) is 0 Å². The van der Waals surface area contributed by atoms with Crippen LogP contribution >= 0.6 is 0 Å². The van der Waals surface area contributed by atoms with Gasteiger partial charge >= 0.3 is 6.03 Å². The van der Waals surface area contributed by atoms with Crippen LogP contribution in [-0.2, 0) is 0 Å². The van der Waals surface area contributed by atoms with Gasteiger partial charge in [0.1, 0.15) is 17.2 Å². The van der Waals surface area contributed by atoms with Crippen molar-refractivity contribution in [2.75, 3.05) is 6.54 Å². The van der Waals surface area contributed by atoms with E-state index in [1.807, 2.05) is 0 Å². The molecular weight excluding hydrogens is 344 g/mol. The maximum absolute atomic E-state index is 14.0. The molecule has 0 bridgehead atoms. The van der Waals surface area contributed by atoms with Crippen LogP contribution in [0.4, 0.5) is 13.6 Å². The van der Waals surface area contributed by atoms with Gasteiger partial charge in [0.15, 0.2) is 5.82 Å². The largest absolute Gasteiger partial charge is 0.359 e. The third-order valence-corrected chi connectivity index (χ3v) is 4.03. The Balaban J connectivity index is 1.93. The van der Waals surface area contributed by atoms with E-state index in [4.69, 9.17) is 0 Å². The molecule has 26 heavy (non-hydrogen) atoms. The number of carbonyl (C=O) groups is 1. The number of aromatic nitrogens is 4. The number of nitrogens with one attached hydrogen (secondary N) is 2. The number of rotatable bonds is 2. The first kappa shape index (κ1) is 16.0. The summed E-state index contributed by atoms with van der Waals surface area (Å²) < 4.78 is 29.4. The number of hydrogen-bond donors (Lipinski definition) is 2. The number of hydrogen-bond acceptors (Lipinski definition) is 3. The minimum atomic E-state index is -0.893. The zero-order chi connectivity index (χ0) is 18.4. The molecule has 0 fully saturated rings. The first-order valence-corrected chi connectivity index (χ1v) is 7.85. The Morgan fingerprint density at radius 2 is 2.12 bits per heavy atom. The lowest BCUT2D eigenvalue weighted by atomic mass is 10.1. The molecular formula is C17H13F2N5O2. The number of amides is 1. The smallest absolute Gasteiger partial charge is 0.325 e. The molecule has 0 aliphatic carbocycles. The van der Waals surface area contributed by atoms with E-state index < -0.39 is 17.2 Å². The summed E-state index contributed by atoms with van der Waals surface area (Å²) >= 11 is 0. The molecule has 0 radical (unpaired) electrons.